The lowest BCUT2D eigenvalue weighted by atomic mass is 10.2. The summed E-state index contributed by atoms with van der Waals surface area (Å²) >= 11 is 1.70. The molecule has 2 heterocycles. The molecule has 0 amide bonds. The Labute approximate surface area is 110 Å². The van der Waals surface area contributed by atoms with Crippen molar-refractivity contribution in [2.45, 2.75) is 25.5 Å². The van der Waals surface area contributed by atoms with Crippen LogP contribution in [-0.4, -0.2) is 28.0 Å². The highest BCUT2D eigenvalue weighted by Gasteiger charge is 2.29. The number of nitrogens with one attached hydrogen (secondary N) is 2. The Morgan fingerprint density at radius 3 is 3.17 bits per heavy atom. The number of thiophene rings is 1. The molecule has 5 heteroatoms. The van der Waals surface area contributed by atoms with Crippen LogP contribution in [0.5, 0.6) is 0 Å². The van der Waals surface area contributed by atoms with Crippen LogP contribution >= 0.6 is 11.3 Å². The molecule has 1 unspecified atom stereocenters. The maximum absolute atomic E-state index is 9.79. The van der Waals surface area contributed by atoms with Crippen LogP contribution in [-0.2, 0) is 6.54 Å². The lowest BCUT2D eigenvalue weighted by Gasteiger charge is -2.10. The molecule has 1 aliphatic carbocycles. The second kappa shape index (κ2) is 5.22. The van der Waals surface area contributed by atoms with Gasteiger partial charge in [-0.2, -0.15) is 5.10 Å². The second-order valence-corrected chi connectivity index (χ2v) is 5.73. The van der Waals surface area contributed by atoms with E-state index in [1.807, 2.05) is 12.3 Å². The van der Waals surface area contributed by atoms with E-state index in [1.54, 1.807) is 11.3 Å². The van der Waals surface area contributed by atoms with Gasteiger partial charge >= 0.3 is 0 Å². The van der Waals surface area contributed by atoms with Gasteiger partial charge in [0, 0.05) is 18.7 Å². The van der Waals surface area contributed by atoms with E-state index in [4.69, 9.17) is 0 Å². The minimum atomic E-state index is -0.193. The topological polar surface area (TPSA) is 60.9 Å². The van der Waals surface area contributed by atoms with Crippen molar-refractivity contribution in [2.75, 3.05) is 6.54 Å². The maximum Gasteiger partial charge on any atom is 0.0794 e. The van der Waals surface area contributed by atoms with Crippen molar-refractivity contribution >= 4 is 11.3 Å². The fourth-order valence-electron chi connectivity index (χ4n) is 2.08. The van der Waals surface area contributed by atoms with Crippen molar-refractivity contribution in [3.05, 3.63) is 29.3 Å². The molecule has 0 saturated heterocycles. The van der Waals surface area contributed by atoms with Gasteiger partial charge in [-0.25, -0.2) is 0 Å². The number of nitrogens with zero attached hydrogens (tertiary/aromatic N) is 1. The van der Waals surface area contributed by atoms with Crippen molar-refractivity contribution in [1.82, 2.24) is 15.5 Å². The molecule has 0 spiro atoms. The molecule has 1 fully saturated rings. The molecule has 1 saturated carbocycles. The monoisotopic (exact) mass is 263 g/mol. The van der Waals surface area contributed by atoms with E-state index in [0.717, 1.165) is 17.8 Å². The van der Waals surface area contributed by atoms with Crippen LogP contribution in [0.25, 0.3) is 10.6 Å². The first-order valence-electron chi connectivity index (χ1n) is 6.29. The third-order valence-corrected chi connectivity index (χ3v) is 4.21. The van der Waals surface area contributed by atoms with Crippen LogP contribution in [0.1, 0.15) is 18.4 Å². The third-order valence-electron chi connectivity index (χ3n) is 3.32. The number of aliphatic hydroxyl groups excluding tert-OH is 1. The van der Waals surface area contributed by atoms with Crippen LogP contribution < -0.4 is 5.32 Å². The largest absolute Gasteiger partial charge is 0.392 e. The first-order chi connectivity index (χ1) is 8.84. The predicted octanol–water partition coefficient (Wildman–Crippen LogP) is 2.00. The Kier molecular flexibility index (Phi) is 3.45. The summed E-state index contributed by atoms with van der Waals surface area (Å²) in [5, 5.41) is 22.3. The fraction of sp³-hybridized carbons (Fsp3) is 0.462. The quantitative estimate of drug-likeness (QED) is 0.747. The van der Waals surface area contributed by atoms with Gasteiger partial charge in [0.2, 0.25) is 0 Å². The Morgan fingerprint density at radius 1 is 1.56 bits per heavy atom. The minimum Gasteiger partial charge on any atom is -0.392 e. The first-order valence-corrected chi connectivity index (χ1v) is 7.17. The van der Waals surface area contributed by atoms with Gasteiger partial charge in [0.25, 0.3) is 0 Å². The van der Waals surface area contributed by atoms with E-state index < -0.39 is 0 Å². The zero-order valence-corrected chi connectivity index (χ0v) is 10.9. The highest BCUT2D eigenvalue weighted by molar-refractivity contribution is 7.13. The van der Waals surface area contributed by atoms with E-state index >= 15 is 0 Å². The number of H-pyrrole nitrogens is 1. The van der Waals surface area contributed by atoms with Gasteiger partial charge in [-0.15, -0.1) is 11.3 Å². The molecule has 1 atom stereocenters. The van der Waals surface area contributed by atoms with Crippen LogP contribution in [0.4, 0.5) is 0 Å². The van der Waals surface area contributed by atoms with Crippen LogP contribution in [0.2, 0.25) is 0 Å². The average Bonchev–Trinajstić information content (AvgIpc) is 2.90. The van der Waals surface area contributed by atoms with Gasteiger partial charge < -0.3 is 10.4 Å². The van der Waals surface area contributed by atoms with Crippen molar-refractivity contribution in [3.63, 3.8) is 0 Å². The SMILES string of the molecule is OC(CNCc1cn[nH]c1-c1cccs1)C1CC1. The predicted molar refractivity (Wildman–Crippen MR) is 72.3 cm³/mol. The number of hydrogen-bond donors (Lipinski definition) is 3. The Balaban J connectivity index is 1.58. The highest BCUT2D eigenvalue weighted by Crippen LogP contribution is 2.32. The van der Waals surface area contributed by atoms with Gasteiger partial charge in [0.15, 0.2) is 0 Å². The summed E-state index contributed by atoms with van der Waals surface area (Å²) in [4.78, 5) is 1.20. The second-order valence-electron chi connectivity index (χ2n) is 4.78. The lowest BCUT2D eigenvalue weighted by molar-refractivity contribution is 0.148. The fourth-order valence-corrected chi connectivity index (χ4v) is 2.84. The molecule has 96 valence electrons. The van der Waals surface area contributed by atoms with E-state index in [9.17, 15) is 5.11 Å². The normalized spacial score (nSPS) is 16.9. The molecule has 0 aromatic carbocycles. The summed E-state index contributed by atoms with van der Waals surface area (Å²) < 4.78 is 0. The molecule has 2 aromatic heterocycles. The molecule has 0 bridgehead atoms. The molecule has 0 aliphatic heterocycles. The molecule has 3 rings (SSSR count). The van der Waals surface area contributed by atoms with Crippen LogP contribution in [0, 0.1) is 5.92 Å². The van der Waals surface area contributed by atoms with E-state index in [0.29, 0.717) is 12.5 Å². The van der Waals surface area contributed by atoms with Crippen molar-refractivity contribution < 1.29 is 5.11 Å². The first kappa shape index (κ1) is 11.9. The van der Waals surface area contributed by atoms with E-state index in [-0.39, 0.29) is 6.10 Å². The van der Waals surface area contributed by atoms with Gasteiger partial charge in [0.05, 0.1) is 22.9 Å². The van der Waals surface area contributed by atoms with Crippen LogP contribution in [0.3, 0.4) is 0 Å². The summed E-state index contributed by atoms with van der Waals surface area (Å²) in [6, 6.07) is 4.12. The average molecular weight is 263 g/mol. The minimum absolute atomic E-state index is 0.193. The number of aromatic amines is 1. The Hall–Kier alpha value is -1.17. The summed E-state index contributed by atoms with van der Waals surface area (Å²) in [5.41, 5.74) is 2.24. The summed E-state index contributed by atoms with van der Waals surface area (Å²) in [6.45, 7) is 1.41. The number of rotatable bonds is 6. The summed E-state index contributed by atoms with van der Waals surface area (Å²) in [7, 11) is 0. The third kappa shape index (κ3) is 2.63. The van der Waals surface area contributed by atoms with E-state index in [1.165, 1.54) is 17.7 Å². The van der Waals surface area contributed by atoms with Crippen molar-refractivity contribution in [1.29, 1.82) is 0 Å². The van der Waals surface area contributed by atoms with Crippen LogP contribution in [0.15, 0.2) is 23.7 Å². The number of aliphatic hydroxyl groups is 1. The van der Waals surface area contributed by atoms with Crippen molar-refractivity contribution in [3.8, 4) is 10.6 Å². The number of aromatic nitrogens is 2. The zero-order valence-electron chi connectivity index (χ0n) is 10.1. The molecular weight excluding hydrogens is 246 g/mol. The smallest absolute Gasteiger partial charge is 0.0794 e. The van der Waals surface area contributed by atoms with Gasteiger partial charge in [0.1, 0.15) is 0 Å². The molecule has 3 N–H and O–H groups in total. The number of hydrogen-bond acceptors (Lipinski definition) is 4. The van der Waals surface area contributed by atoms with Gasteiger partial charge in [-0.1, -0.05) is 6.07 Å². The molecule has 4 nitrogen and oxygen atoms in total. The maximum atomic E-state index is 9.79. The van der Waals surface area contributed by atoms with Gasteiger partial charge in [-0.05, 0) is 30.2 Å². The molecule has 2 aromatic rings. The lowest BCUT2D eigenvalue weighted by Crippen LogP contribution is -2.27. The summed E-state index contributed by atoms with van der Waals surface area (Å²) in [5.74, 6) is 0.526. The zero-order chi connectivity index (χ0) is 12.4. The molecule has 1 aliphatic rings. The molecule has 0 radical (unpaired) electrons. The van der Waals surface area contributed by atoms with Crippen molar-refractivity contribution in [2.24, 2.45) is 5.92 Å². The van der Waals surface area contributed by atoms with E-state index in [2.05, 4.69) is 27.0 Å². The highest BCUT2D eigenvalue weighted by atomic mass is 32.1. The van der Waals surface area contributed by atoms with Gasteiger partial charge in [-0.3, -0.25) is 5.10 Å². The Morgan fingerprint density at radius 2 is 2.44 bits per heavy atom. The summed E-state index contributed by atoms with van der Waals surface area (Å²) in [6.07, 6.45) is 4.01. The molecular formula is C13H17N3OS. The standard InChI is InChI=1S/C13H17N3OS/c17-11(9-3-4-9)8-14-6-10-7-15-16-13(10)12-2-1-5-18-12/h1-2,5,7,9,11,14,17H,3-4,6,8H2,(H,15,16). The Bertz CT molecular complexity index is 490. The molecule has 18 heavy (non-hydrogen) atoms.